The number of aliphatic hydroxyl groups is 1. The van der Waals surface area contributed by atoms with E-state index in [-0.39, 0.29) is 6.04 Å². The molecule has 3 nitrogen and oxygen atoms in total. The van der Waals surface area contributed by atoms with Crippen LogP contribution in [0.3, 0.4) is 0 Å². The van der Waals surface area contributed by atoms with Crippen molar-refractivity contribution in [2.45, 2.75) is 25.1 Å². The first-order chi connectivity index (χ1) is 10.0. The topological polar surface area (TPSA) is 28.4 Å². The molecule has 2 unspecified atom stereocenters. The molecule has 1 aliphatic heterocycles. The molecule has 112 valence electrons. The third-order valence-electron chi connectivity index (χ3n) is 4.11. The summed E-state index contributed by atoms with van der Waals surface area (Å²) in [6.45, 7) is 1.06. The molecule has 1 aliphatic rings. The van der Waals surface area contributed by atoms with Gasteiger partial charge < -0.3 is 9.67 Å². The number of aromatic nitrogens is 1. The highest BCUT2D eigenvalue weighted by Crippen LogP contribution is 2.35. The van der Waals surface area contributed by atoms with E-state index in [1.807, 2.05) is 34.8 Å². The summed E-state index contributed by atoms with van der Waals surface area (Å²) in [7, 11) is 1.94. The number of halogens is 2. The van der Waals surface area contributed by atoms with E-state index in [0.717, 1.165) is 17.8 Å². The Hall–Kier alpha value is -1.72. The smallest absolute Gasteiger partial charge is 0.128 e. The summed E-state index contributed by atoms with van der Waals surface area (Å²) < 4.78 is 29.4. The number of benzene rings is 1. The van der Waals surface area contributed by atoms with Gasteiger partial charge in [-0.15, -0.1) is 0 Å². The van der Waals surface area contributed by atoms with Crippen LogP contribution in [0.1, 0.15) is 23.7 Å². The Morgan fingerprint density at radius 1 is 1.29 bits per heavy atom. The number of hydrogen-bond donors (Lipinski definition) is 1. The average Bonchev–Trinajstić information content (AvgIpc) is 3.00. The van der Waals surface area contributed by atoms with Gasteiger partial charge in [-0.2, -0.15) is 0 Å². The standard InChI is InChI=1S/C16H18F2N2O/c1-19-6-2-3-12(19)9-20-10-13(21)8-16(20)14-7-11(17)4-5-15(14)18/h2-7,13,16,21H,8-10H2,1H3. The van der Waals surface area contributed by atoms with Gasteiger partial charge in [-0.25, -0.2) is 8.78 Å². The third-order valence-corrected chi connectivity index (χ3v) is 4.11. The van der Waals surface area contributed by atoms with Gasteiger partial charge in [0.05, 0.1) is 6.10 Å². The Bertz CT molecular complexity index is 641. The zero-order chi connectivity index (χ0) is 15.0. The Morgan fingerprint density at radius 3 is 2.81 bits per heavy atom. The fraction of sp³-hybridized carbons (Fsp3) is 0.375. The molecule has 1 fully saturated rings. The molecule has 1 N–H and O–H groups in total. The van der Waals surface area contributed by atoms with Gasteiger partial charge in [0, 0.05) is 43.6 Å². The highest BCUT2D eigenvalue weighted by molar-refractivity contribution is 5.24. The van der Waals surface area contributed by atoms with Crippen LogP contribution in [-0.4, -0.2) is 27.2 Å². The molecule has 5 heteroatoms. The lowest BCUT2D eigenvalue weighted by Crippen LogP contribution is -2.25. The van der Waals surface area contributed by atoms with E-state index in [1.165, 1.54) is 6.07 Å². The Kier molecular flexibility index (Phi) is 3.78. The normalized spacial score (nSPS) is 22.9. The fourth-order valence-electron chi connectivity index (χ4n) is 3.02. The van der Waals surface area contributed by atoms with Crippen molar-refractivity contribution in [3.05, 3.63) is 59.4 Å². The Labute approximate surface area is 122 Å². The second-order valence-electron chi connectivity index (χ2n) is 5.61. The van der Waals surface area contributed by atoms with Crippen LogP contribution in [0.15, 0.2) is 36.5 Å². The molecule has 0 bridgehead atoms. The minimum Gasteiger partial charge on any atom is -0.392 e. The van der Waals surface area contributed by atoms with Crippen LogP contribution in [0.2, 0.25) is 0 Å². The SMILES string of the molecule is Cn1cccc1CN1CC(O)CC1c1cc(F)ccc1F. The molecule has 0 aliphatic carbocycles. The molecule has 3 rings (SSSR count). The minimum absolute atomic E-state index is 0.300. The molecular weight excluding hydrogens is 274 g/mol. The Morgan fingerprint density at radius 2 is 2.10 bits per heavy atom. The van der Waals surface area contributed by atoms with E-state index in [4.69, 9.17) is 0 Å². The van der Waals surface area contributed by atoms with Gasteiger partial charge in [-0.1, -0.05) is 0 Å². The van der Waals surface area contributed by atoms with Crippen LogP contribution in [0.4, 0.5) is 8.78 Å². The van der Waals surface area contributed by atoms with Crippen molar-refractivity contribution in [2.75, 3.05) is 6.54 Å². The minimum atomic E-state index is -0.516. The second-order valence-corrected chi connectivity index (χ2v) is 5.61. The van der Waals surface area contributed by atoms with E-state index in [1.54, 1.807) is 0 Å². The summed E-state index contributed by atoms with van der Waals surface area (Å²) in [4.78, 5) is 2.00. The highest BCUT2D eigenvalue weighted by Gasteiger charge is 2.34. The molecule has 2 atom stereocenters. The zero-order valence-electron chi connectivity index (χ0n) is 11.8. The van der Waals surface area contributed by atoms with Crippen LogP contribution in [0.25, 0.3) is 0 Å². The van der Waals surface area contributed by atoms with Crippen molar-refractivity contribution in [3.63, 3.8) is 0 Å². The molecule has 1 saturated heterocycles. The van der Waals surface area contributed by atoms with Gasteiger partial charge >= 0.3 is 0 Å². The molecular formula is C16H18F2N2O. The molecule has 2 heterocycles. The number of β-amino-alcohol motifs (C(OH)–C–C–N with tert-alkyl or cyclic N) is 1. The quantitative estimate of drug-likeness (QED) is 0.942. The average molecular weight is 292 g/mol. The van der Waals surface area contributed by atoms with Crippen LogP contribution in [0, 0.1) is 11.6 Å². The van der Waals surface area contributed by atoms with Crippen molar-refractivity contribution >= 4 is 0 Å². The third kappa shape index (κ3) is 2.84. The first kappa shape index (κ1) is 14.2. The molecule has 0 saturated carbocycles. The van der Waals surface area contributed by atoms with Gasteiger partial charge in [0.15, 0.2) is 0 Å². The summed E-state index contributed by atoms with van der Waals surface area (Å²) in [5.74, 6) is -0.876. The number of nitrogens with zero attached hydrogens (tertiary/aromatic N) is 2. The van der Waals surface area contributed by atoms with E-state index in [9.17, 15) is 13.9 Å². The molecule has 1 aromatic carbocycles. The summed E-state index contributed by atoms with van der Waals surface area (Å²) >= 11 is 0. The lowest BCUT2D eigenvalue weighted by molar-refractivity contribution is 0.171. The first-order valence-electron chi connectivity index (χ1n) is 7.02. The van der Waals surface area contributed by atoms with Crippen molar-refractivity contribution in [1.29, 1.82) is 0 Å². The predicted octanol–water partition coefficient (Wildman–Crippen LogP) is 2.61. The molecule has 1 aromatic heterocycles. The van der Waals surface area contributed by atoms with E-state index < -0.39 is 17.7 Å². The van der Waals surface area contributed by atoms with Gasteiger partial charge in [0.25, 0.3) is 0 Å². The summed E-state index contributed by atoms with van der Waals surface area (Å²) in [6.07, 6.45) is 1.85. The van der Waals surface area contributed by atoms with Crippen molar-refractivity contribution in [3.8, 4) is 0 Å². The van der Waals surface area contributed by atoms with Gasteiger partial charge in [-0.3, -0.25) is 4.90 Å². The van der Waals surface area contributed by atoms with Crippen LogP contribution in [-0.2, 0) is 13.6 Å². The molecule has 2 aromatic rings. The Balaban J connectivity index is 1.89. The number of aryl methyl sites for hydroxylation is 1. The van der Waals surface area contributed by atoms with E-state index >= 15 is 0 Å². The molecule has 0 spiro atoms. The number of hydrogen-bond acceptors (Lipinski definition) is 2. The van der Waals surface area contributed by atoms with Crippen molar-refractivity contribution in [1.82, 2.24) is 9.47 Å². The number of aliphatic hydroxyl groups excluding tert-OH is 1. The molecule has 0 amide bonds. The number of likely N-dealkylation sites (tertiary alicyclic amines) is 1. The van der Waals surface area contributed by atoms with E-state index in [2.05, 4.69) is 0 Å². The maximum absolute atomic E-state index is 14.0. The number of rotatable bonds is 3. The summed E-state index contributed by atoms with van der Waals surface area (Å²) in [6, 6.07) is 7.13. The van der Waals surface area contributed by atoms with Gasteiger partial charge in [0.1, 0.15) is 11.6 Å². The van der Waals surface area contributed by atoms with Crippen LogP contribution in [0.5, 0.6) is 0 Å². The molecule has 21 heavy (non-hydrogen) atoms. The van der Waals surface area contributed by atoms with Gasteiger partial charge in [0.2, 0.25) is 0 Å². The maximum Gasteiger partial charge on any atom is 0.128 e. The lowest BCUT2D eigenvalue weighted by Gasteiger charge is -2.25. The largest absolute Gasteiger partial charge is 0.392 e. The lowest BCUT2D eigenvalue weighted by atomic mass is 10.0. The fourth-order valence-corrected chi connectivity index (χ4v) is 3.02. The maximum atomic E-state index is 14.0. The second kappa shape index (κ2) is 5.58. The summed E-state index contributed by atoms with van der Waals surface area (Å²) in [5, 5.41) is 9.92. The van der Waals surface area contributed by atoms with Crippen molar-refractivity contribution < 1.29 is 13.9 Å². The van der Waals surface area contributed by atoms with Gasteiger partial charge in [-0.05, 0) is 36.8 Å². The van der Waals surface area contributed by atoms with Crippen LogP contribution < -0.4 is 0 Å². The molecule has 0 radical (unpaired) electrons. The first-order valence-corrected chi connectivity index (χ1v) is 7.02. The highest BCUT2D eigenvalue weighted by atomic mass is 19.1. The van der Waals surface area contributed by atoms with Crippen LogP contribution >= 0.6 is 0 Å². The predicted molar refractivity (Wildman–Crippen MR) is 75.5 cm³/mol. The zero-order valence-corrected chi connectivity index (χ0v) is 11.8. The monoisotopic (exact) mass is 292 g/mol. The summed E-state index contributed by atoms with van der Waals surface area (Å²) in [5.41, 5.74) is 1.40. The van der Waals surface area contributed by atoms with Crippen molar-refractivity contribution in [2.24, 2.45) is 7.05 Å². The van der Waals surface area contributed by atoms with E-state index in [0.29, 0.717) is 25.1 Å².